The SMILES string of the molecule is CSCCC(NC(=O)OC(C)(C)C)C(=O)N(C(C(=O)Nc1c(C)cccc1C)c1cccc(C)c1)C1CC1C. The van der Waals surface area contributed by atoms with E-state index in [1.165, 1.54) is 0 Å². The second kappa shape index (κ2) is 12.9. The first kappa shape index (κ1) is 30.5. The predicted molar refractivity (Wildman–Crippen MR) is 159 cm³/mol. The van der Waals surface area contributed by atoms with Gasteiger partial charge in [0, 0.05) is 11.7 Å². The van der Waals surface area contributed by atoms with E-state index in [0.717, 1.165) is 34.4 Å². The van der Waals surface area contributed by atoms with Gasteiger partial charge in [0.2, 0.25) is 5.91 Å². The molecule has 0 bridgehead atoms. The number of anilines is 1. The molecule has 3 rings (SSSR count). The molecule has 1 aliphatic carbocycles. The van der Waals surface area contributed by atoms with Gasteiger partial charge in [-0.3, -0.25) is 9.59 Å². The number of thioether (sulfide) groups is 1. The van der Waals surface area contributed by atoms with Crippen molar-refractivity contribution in [2.75, 3.05) is 17.3 Å². The van der Waals surface area contributed by atoms with Gasteiger partial charge in [-0.25, -0.2) is 4.79 Å². The van der Waals surface area contributed by atoms with Gasteiger partial charge in [-0.15, -0.1) is 0 Å². The van der Waals surface area contributed by atoms with Crippen LogP contribution >= 0.6 is 11.8 Å². The first-order valence-corrected chi connectivity index (χ1v) is 15.0. The van der Waals surface area contributed by atoms with Crippen LogP contribution in [0.4, 0.5) is 10.5 Å². The van der Waals surface area contributed by atoms with Crippen molar-refractivity contribution in [3.63, 3.8) is 0 Å². The Bertz CT molecular complexity index is 1170. The second-order valence-corrected chi connectivity index (χ2v) is 12.6. The van der Waals surface area contributed by atoms with Crippen LogP contribution in [0.2, 0.25) is 0 Å². The monoisotopic (exact) mass is 553 g/mol. The zero-order valence-electron chi connectivity index (χ0n) is 24.5. The molecule has 7 nitrogen and oxygen atoms in total. The maximum atomic E-state index is 14.3. The molecule has 2 N–H and O–H groups in total. The number of ether oxygens (including phenoxy) is 1. The normalized spacial score (nSPS) is 18.1. The fourth-order valence-corrected chi connectivity index (χ4v) is 5.25. The molecule has 0 aromatic heterocycles. The van der Waals surface area contributed by atoms with Crippen LogP contribution in [-0.2, 0) is 14.3 Å². The summed E-state index contributed by atoms with van der Waals surface area (Å²) in [6.45, 7) is 13.3. The number of nitrogens with one attached hydrogen (secondary N) is 2. The molecule has 1 saturated carbocycles. The molecular formula is C31H43N3O4S. The van der Waals surface area contributed by atoms with E-state index in [1.54, 1.807) is 37.4 Å². The van der Waals surface area contributed by atoms with Gasteiger partial charge < -0.3 is 20.3 Å². The van der Waals surface area contributed by atoms with Crippen molar-refractivity contribution >= 4 is 35.4 Å². The first-order chi connectivity index (χ1) is 18.3. The van der Waals surface area contributed by atoms with Crippen LogP contribution in [0.3, 0.4) is 0 Å². The summed E-state index contributed by atoms with van der Waals surface area (Å²) in [6.07, 6.45) is 2.55. The molecule has 4 unspecified atom stereocenters. The molecule has 3 amide bonds. The van der Waals surface area contributed by atoms with E-state index in [1.807, 2.05) is 69.5 Å². The third-order valence-corrected chi connectivity index (χ3v) is 7.54. The molecule has 0 saturated heterocycles. The number of nitrogens with zero attached hydrogens (tertiary/aromatic N) is 1. The fraction of sp³-hybridized carbons (Fsp3) is 0.516. The highest BCUT2D eigenvalue weighted by Crippen LogP contribution is 2.41. The maximum Gasteiger partial charge on any atom is 0.408 e. The maximum absolute atomic E-state index is 14.3. The van der Waals surface area contributed by atoms with Crippen LogP contribution in [-0.4, -0.2) is 52.5 Å². The molecule has 0 radical (unpaired) electrons. The van der Waals surface area contributed by atoms with Gasteiger partial charge >= 0.3 is 6.09 Å². The number of benzene rings is 2. The number of amides is 3. The van der Waals surface area contributed by atoms with Gasteiger partial charge in [-0.05, 0) is 89.0 Å². The Morgan fingerprint density at radius 1 is 1.08 bits per heavy atom. The first-order valence-electron chi connectivity index (χ1n) is 13.6. The predicted octanol–water partition coefficient (Wildman–Crippen LogP) is 6.18. The van der Waals surface area contributed by atoms with Gasteiger partial charge in [0.1, 0.15) is 17.7 Å². The lowest BCUT2D eigenvalue weighted by Gasteiger charge is -2.35. The van der Waals surface area contributed by atoms with Crippen LogP contribution in [0, 0.1) is 26.7 Å². The number of alkyl carbamates (subject to hydrolysis) is 1. The molecule has 39 heavy (non-hydrogen) atoms. The average Bonchev–Trinajstić information content (AvgIpc) is 3.56. The van der Waals surface area contributed by atoms with E-state index in [0.29, 0.717) is 12.2 Å². The third-order valence-electron chi connectivity index (χ3n) is 6.89. The number of para-hydroxylation sites is 1. The van der Waals surface area contributed by atoms with E-state index in [9.17, 15) is 14.4 Å². The largest absolute Gasteiger partial charge is 0.444 e. The molecule has 0 spiro atoms. The van der Waals surface area contributed by atoms with E-state index >= 15 is 0 Å². The Kier molecular flexibility index (Phi) is 10.1. The third kappa shape index (κ3) is 8.24. The van der Waals surface area contributed by atoms with Gasteiger partial charge in [0.15, 0.2) is 0 Å². The van der Waals surface area contributed by atoms with Crippen molar-refractivity contribution in [1.82, 2.24) is 10.2 Å². The van der Waals surface area contributed by atoms with Crippen LogP contribution in [0.15, 0.2) is 42.5 Å². The quantitative estimate of drug-likeness (QED) is 0.367. The zero-order chi connectivity index (χ0) is 28.9. The highest BCUT2D eigenvalue weighted by molar-refractivity contribution is 7.98. The highest BCUT2D eigenvalue weighted by atomic mass is 32.2. The Hall–Kier alpha value is -3.00. The number of rotatable bonds is 10. The topological polar surface area (TPSA) is 87.7 Å². The smallest absolute Gasteiger partial charge is 0.408 e. The molecule has 212 valence electrons. The van der Waals surface area contributed by atoms with Crippen molar-refractivity contribution in [3.8, 4) is 0 Å². The summed E-state index contributed by atoms with van der Waals surface area (Å²) in [5.41, 5.74) is 3.70. The lowest BCUT2D eigenvalue weighted by atomic mass is 9.99. The van der Waals surface area contributed by atoms with Crippen LogP contribution in [0.25, 0.3) is 0 Å². The zero-order valence-corrected chi connectivity index (χ0v) is 25.3. The van der Waals surface area contributed by atoms with Crippen molar-refractivity contribution in [1.29, 1.82) is 0 Å². The minimum Gasteiger partial charge on any atom is -0.444 e. The number of hydrogen-bond donors (Lipinski definition) is 2. The Labute approximate surface area is 237 Å². The minimum atomic E-state index is -0.858. The van der Waals surface area contributed by atoms with Crippen molar-refractivity contribution in [2.45, 2.75) is 85.0 Å². The van der Waals surface area contributed by atoms with E-state index in [-0.39, 0.29) is 23.8 Å². The summed E-state index contributed by atoms with van der Waals surface area (Å²) >= 11 is 1.60. The average molecular weight is 554 g/mol. The molecule has 0 aliphatic heterocycles. The summed E-state index contributed by atoms with van der Waals surface area (Å²) in [5, 5.41) is 5.95. The number of aryl methyl sites for hydroxylation is 3. The molecule has 4 atom stereocenters. The Morgan fingerprint density at radius 3 is 2.23 bits per heavy atom. The van der Waals surface area contributed by atoms with E-state index < -0.39 is 23.8 Å². The van der Waals surface area contributed by atoms with E-state index in [2.05, 4.69) is 17.6 Å². The fourth-order valence-electron chi connectivity index (χ4n) is 4.78. The standard InChI is InChI=1S/C31H43N3O4S/c1-19-11-9-14-23(17-19)27(28(35)33-26-20(2)12-10-13-21(26)3)34(25-18-22(25)4)29(36)24(15-16-39-8)32-30(37)38-31(5,6)7/h9-14,17,22,24-25,27H,15-16,18H2,1-8H3,(H,32,37)(H,33,35). The lowest BCUT2D eigenvalue weighted by Crippen LogP contribution is -2.53. The van der Waals surface area contributed by atoms with Gasteiger partial charge in [-0.1, -0.05) is 55.0 Å². The summed E-state index contributed by atoms with van der Waals surface area (Å²) in [4.78, 5) is 42.9. The second-order valence-electron chi connectivity index (χ2n) is 11.6. The molecule has 2 aromatic carbocycles. The molecule has 2 aromatic rings. The molecular weight excluding hydrogens is 510 g/mol. The van der Waals surface area contributed by atoms with Crippen LogP contribution < -0.4 is 10.6 Å². The van der Waals surface area contributed by atoms with Gasteiger partial charge in [-0.2, -0.15) is 11.8 Å². The molecule has 1 aliphatic rings. The Balaban J connectivity index is 2.04. The number of carbonyl (C=O) groups excluding carboxylic acids is 3. The summed E-state index contributed by atoms with van der Waals surface area (Å²) in [5.74, 6) is 0.375. The van der Waals surface area contributed by atoms with Crippen molar-refractivity contribution in [3.05, 3.63) is 64.7 Å². The Morgan fingerprint density at radius 2 is 1.69 bits per heavy atom. The molecule has 8 heteroatoms. The molecule has 1 fully saturated rings. The minimum absolute atomic E-state index is 0.107. The van der Waals surface area contributed by atoms with Crippen molar-refractivity contribution in [2.24, 2.45) is 5.92 Å². The van der Waals surface area contributed by atoms with Crippen molar-refractivity contribution < 1.29 is 19.1 Å². The van der Waals surface area contributed by atoms with Gasteiger partial charge in [0.05, 0.1) is 0 Å². The highest BCUT2D eigenvalue weighted by Gasteiger charge is 2.48. The van der Waals surface area contributed by atoms with Crippen LogP contribution in [0.1, 0.15) is 68.8 Å². The number of hydrogen-bond acceptors (Lipinski definition) is 5. The lowest BCUT2D eigenvalue weighted by molar-refractivity contribution is -0.141. The summed E-state index contributed by atoms with van der Waals surface area (Å²) in [6, 6.07) is 11.8. The number of carbonyl (C=O) groups is 3. The summed E-state index contributed by atoms with van der Waals surface area (Å²) < 4.78 is 5.48. The van der Waals surface area contributed by atoms with Gasteiger partial charge in [0.25, 0.3) is 5.91 Å². The molecule has 0 heterocycles. The summed E-state index contributed by atoms with van der Waals surface area (Å²) in [7, 11) is 0. The van der Waals surface area contributed by atoms with Crippen LogP contribution in [0.5, 0.6) is 0 Å². The van der Waals surface area contributed by atoms with E-state index in [4.69, 9.17) is 4.74 Å².